The first kappa shape index (κ1) is 13.3. The van der Waals surface area contributed by atoms with Gasteiger partial charge in [0, 0.05) is 25.0 Å². The van der Waals surface area contributed by atoms with Gasteiger partial charge >= 0.3 is 0 Å². The fraction of sp³-hybridized carbons (Fsp3) is 0.800. The summed E-state index contributed by atoms with van der Waals surface area (Å²) in [5.41, 5.74) is 0. The van der Waals surface area contributed by atoms with E-state index >= 15 is 0 Å². The Hall–Kier alpha value is -0.640. The lowest BCUT2D eigenvalue weighted by molar-refractivity contribution is 0.414. The summed E-state index contributed by atoms with van der Waals surface area (Å²) in [5, 5.41) is 3.67. The molecule has 3 rings (SSSR count). The van der Waals surface area contributed by atoms with Crippen molar-refractivity contribution >= 4 is 17.7 Å². The number of aromatic nitrogens is 2. The van der Waals surface area contributed by atoms with E-state index in [0.29, 0.717) is 6.04 Å². The van der Waals surface area contributed by atoms with Crippen LogP contribution in [0.5, 0.6) is 0 Å². The van der Waals surface area contributed by atoms with Gasteiger partial charge in [0.15, 0.2) is 0 Å². The zero-order valence-corrected chi connectivity index (χ0v) is 12.5. The van der Waals surface area contributed by atoms with Gasteiger partial charge in [0.25, 0.3) is 0 Å². The maximum Gasteiger partial charge on any atom is 0.202 e. The van der Waals surface area contributed by atoms with E-state index in [1.54, 1.807) is 0 Å². The van der Waals surface area contributed by atoms with Gasteiger partial charge in [-0.25, -0.2) is 4.98 Å². The van der Waals surface area contributed by atoms with E-state index < -0.39 is 0 Å². The van der Waals surface area contributed by atoms with Crippen molar-refractivity contribution in [3.63, 3.8) is 0 Å². The molecule has 106 valence electrons. The third kappa shape index (κ3) is 3.68. The Labute approximate surface area is 120 Å². The van der Waals surface area contributed by atoms with Gasteiger partial charge in [0.05, 0.1) is 0 Å². The SMILES string of the molecule is c1cn(CC2CCSCC2)c(NC2CCCCC2)n1. The van der Waals surface area contributed by atoms with Crippen LogP contribution in [0, 0.1) is 5.92 Å². The third-order valence-electron chi connectivity index (χ3n) is 4.45. The zero-order chi connectivity index (χ0) is 12.9. The summed E-state index contributed by atoms with van der Waals surface area (Å²) < 4.78 is 2.34. The quantitative estimate of drug-likeness (QED) is 0.910. The standard InChI is InChI=1S/C15H25N3S/c1-2-4-14(5-3-1)17-15-16-8-9-18(15)12-13-6-10-19-11-7-13/h8-9,13-14H,1-7,10-12H2,(H,16,17). The first-order valence-electron chi connectivity index (χ1n) is 7.77. The molecule has 2 fully saturated rings. The Bertz CT molecular complexity index is 344. The smallest absolute Gasteiger partial charge is 0.202 e. The largest absolute Gasteiger partial charge is 0.353 e. The minimum Gasteiger partial charge on any atom is -0.353 e. The van der Waals surface area contributed by atoms with Gasteiger partial charge in [0.2, 0.25) is 5.95 Å². The van der Waals surface area contributed by atoms with Gasteiger partial charge in [0.1, 0.15) is 0 Å². The monoisotopic (exact) mass is 279 g/mol. The van der Waals surface area contributed by atoms with Gasteiger partial charge in [-0.1, -0.05) is 19.3 Å². The first-order chi connectivity index (χ1) is 9.42. The summed E-state index contributed by atoms with van der Waals surface area (Å²) in [6.07, 6.45) is 13.6. The summed E-state index contributed by atoms with van der Waals surface area (Å²) >= 11 is 2.10. The summed E-state index contributed by atoms with van der Waals surface area (Å²) in [6.45, 7) is 1.15. The fourth-order valence-corrected chi connectivity index (χ4v) is 4.44. The van der Waals surface area contributed by atoms with Crippen molar-refractivity contribution in [2.45, 2.75) is 57.5 Å². The van der Waals surface area contributed by atoms with Gasteiger partial charge < -0.3 is 9.88 Å². The number of hydrogen-bond acceptors (Lipinski definition) is 3. The summed E-state index contributed by atoms with van der Waals surface area (Å²) in [4.78, 5) is 4.52. The fourth-order valence-electron chi connectivity index (χ4n) is 3.23. The second kappa shape index (κ2) is 6.69. The highest BCUT2D eigenvalue weighted by molar-refractivity contribution is 7.99. The van der Waals surface area contributed by atoms with Crippen molar-refractivity contribution in [2.24, 2.45) is 5.92 Å². The molecule has 2 aliphatic rings. The van der Waals surface area contributed by atoms with Crippen LogP contribution in [0.15, 0.2) is 12.4 Å². The van der Waals surface area contributed by atoms with Crippen LogP contribution in [0.3, 0.4) is 0 Å². The topological polar surface area (TPSA) is 29.9 Å². The lowest BCUT2D eigenvalue weighted by atomic mass is 9.96. The average Bonchev–Trinajstić information content (AvgIpc) is 2.88. The molecule has 0 spiro atoms. The van der Waals surface area contributed by atoms with E-state index in [4.69, 9.17) is 0 Å². The summed E-state index contributed by atoms with van der Waals surface area (Å²) in [5.74, 6) is 4.63. The van der Waals surface area contributed by atoms with Crippen molar-refractivity contribution in [1.82, 2.24) is 9.55 Å². The molecule has 3 nitrogen and oxygen atoms in total. The Morgan fingerprint density at radius 3 is 2.74 bits per heavy atom. The average molecular weight is 279 g/mol. The molecule has 0 amide bonds. The minimum absolute atomic E-state index is 0.650. The van der Waals surface area contributed by atoms with Crippen LogP contribution in [0.4, 0.5) is 5.95 Å². The second-order valence-corrected chi connectivity index (χ2v) is 7.16. The maximum absolute atomic E-state index is 4.52. The molecule has 1 aliphatic carbocycles. The lowest BCUT2D eigenvalue weighted by Crippen LogP contribution is -2.25. The van der Waals surface area contributed by atoms with Crippen molar-refractivity contribution in [3.05, 3.63) is 12.4 Å². The molecule has 4 heteroatoms. The van der Waals surface area contributed by atoms with E-state index in [2.05, 4.69) is 32.8 Å². The highest BCUT2D eigenvalue weighted by atomic mass is 32.2. The minimum atomic E-state index is 0.650. The molecule has 19 heavy (non-hydrogen) atoms. The van der Waals surface area contributed by atoms with Gasteiger partial charge in [-0.2, -0.15) is 11.8 Å². The molecular weight excluding hydrogens is 254 g/mol. The molecule has 0 radical (unpaired) electrons. The van der Waals surface area contributed by atoms with Crippen LogP contribution in [0.1, 0.15) is 44.9 Å². The normalized spacial score (nSPS) is 22.5. The molecule has 0 atom stereocenters. The van der Waals surface area contributed by atoms with Crippen LogP contribution >= 0.6 is 11.8 Å². The predicted octanol–water partition coefficient (Wildman–Crippen LogP) is 3.77. The zero-order valence-electron chi connectivity index (χ0n) is 11.7. The van der Waals surface area contributed by atoms with Crippen molar-refractivity contribution in [3.8, 4) is 0 Å². The Morgan fingerprint density at radius 2 is 1.95 bits per heavy atom. The Balaban J connectivity index is 1.57. The van der Waals surface area contributed by atoms with E-state index in [1.807, 2.05) is 6.20 Å². The summed E-state index contributed by atoms with van der Waals surface area (Å²) in [6, 6.07) is 0.650. The molecule has 1 saturated heterocycles. The van der Waals surface area contributed by atoms with Crippen molar-refractivity contribution in [2.75, 3.05) is 16.8 Å². The molecular formula is C15H25N3S. The number of nitrogens with zero attached hydrogens (tertiary/aromatic N) is 2. The molecule has 1 aromatic heterocycles. The van der Waals surface area contributed by atoms with Gasteiger partial charge in [-0.3, -0.25) is 0 Å². The van der Waals surface area contributed by atoms with Crippen molar-refractivity contribution < 1.29 is 0 Å². The third-order valence-corrected chi connectivity index (χ3v) is 5.50. The maximum atomic E-state index is 4.52. The summed E-state index contributed by atoms with van der Waals surface area (Å²) in [7, 11) is 0. The number of thioether (sulfide) groups is 1. The first-order valence-corrected chi connectivity index (χ1v) is 8.93. The second-order valence-electron chi connectivity index (χ2n) is 5.94. The van der Waals surface area contributed by atoms with E-state index in [-0.39, 0.29) is 0 Å². The number of imidazole rings is 1. The van der Waals surface area contributed by atoms with Crippen LogP contribution in [0.25, 0.3) is 0 Å². The molecule has 1 aliphatic heterocycles. The Morgan fingerprint density at radius 1 is 1.16 bits per heavy atom. The van der Waals surface area contributed by atoms with Crippen LogP contribution in [-0.4, -0.2) is 27.1 Å². The van der Waals surface area contributed by atoms with Crippen LogP contribution < -0.4 is 5.32 Å². The highest BCUT2D eigenvalue weighted by Gasteiger charge is 2.18. The number of rotatable bonds is 4. The molecule has 1 N–H and O–H groups in total. The van der Waals surface area contributed by atoms with Gasteiger partial charge in [-0.05, 0) is 43.1 Å². The predicted molar refractivity (Wildman–Crippen MR) is 82.8 cm³/mol. The molecule has 1 aromatic rings. The number of anilines is 1. The van der Waals surface area contributed by atoms with Gasteiger partial charge in [-0.15, -0.1) is 0 Å². The lowest BCUT2D eigenvalue weighted by Gasteiger charge is -2.26. The van der Waals surface area contributed by atoms with E-state index in [0.717, 1.165) is 18.4 Å². The number of hydrogen-bond donors (Lipinski definition) is 1. The van der Waals surface area contributed by atoms with Crippen LogP contribution in [-0.2, 0) is 6.54 Å². The van der Waals surface area contributed by atoms with Crippen LogP contribution in [0.2, 0.25) is 0 Å². The molecule has 2 heterocycles. The molecule has 0 bridgehead atoms. The molecule has 0 aromatic carbocycles. The van der Waals surface area contributed by atoms with Crippen molar-refractivity contribution in [1.29, 1.82) is 0 Å². The molecule has 0 unspecified atom stereocenters. The number of nitrogens with one attached hydrogen (secondary N) is 1. The Kier molecular flexibility index (Phi) is 4.70. The van der Waals surface area contributed by atoms with E-state index in [1.165, 1.54) is 56.5 Å². The molecule has 1 saturated carbocycles. The highest BCUT2D eigenvalue weighted by Crippen LogP contribution is 2.26. The van der Waals surface area contributed by atoms with E-state index in [9.17, 15) is 0 Å².